The number of fused-ring (bicyclic) bond motifs is 3. The van der Waals surface area contributed by atoms with E-state index in [4.69, 9.17) is 0 Å². The van der Waals surface area contributed by atoms with Gasteiger partial charge in [0.05, 0.1) is 5.92 Å². The molecule has 1 saturated heterocycles. The number of hydrogen-bond acceptors (Lipinski definition) is 2. The molecule has 1 fully saturated rings. The Kier molecular flexibility index (Phi) is 1.99. The Morgan fingerprint density at radius 2 is 2.07 bits per heavy atom. The second-order valence-electron chi connectivity index (χ2n) is 4.28. The van der Waals surface area contributed by atoms with E-state index in [9.17, 15) is 4.79 Å². The lowest BCUT2D eigenvalue weighted by Crippen LogP contribution is -2.44. The predicted octanol–water partition coefficient (Wildman–Crippen LogP) is 1.33. The summed E-state index contributed by atoms with van der Waals surface area (Å²) in [5, 5.41) is 6.26. The van der Waals surface area contributed by atoms with Crippen molar-refractivity contribution in [2.24, 2.45) is 5.92 Å². The third kappa shape index (κ3) is 1.35. The van der Waals surface area contributed by atoms with Crippen LogP contribution >= 0.6 is 0 Å². The Balaban J connectivity index is 2.06. The molecule has 2 aliphatic rings. The van der Waals surface area contributed by atoms with Crippen LogP contribution in [-0.2, 0) is 4.79 Å². The number of amides is 1. The maximum Gasteiger partial charge on any atom is 0.229 e. The summed E-state index contributed by atoms with van der Waals surface area (Å²) in [6, 6.07) is 8.15. The molecule has 15 heavy (non-hydrogen) atoms. The molecule has 3 rings (SSSR count). The minimum atomic E-state index is 0.119. The molecule has 2 heterocycles. The summed E-state index contributed by atoms with van der Waals surface area (Å²) in [4.78, 5) is 11.8. The van der Waals surface area contributed by atoms with Crippen LogP contribution in [0.3, 0.4) is 0 Å². The van der Waals surface area contributed by atoms with Gasteiger partial charge < -0.3 is 10.6 Å². The number of benzene rings is 1. The van der Waals surface area contributed by atoms with Crippen LogP contribution in [0.4, 0.5) is 5.69 Å². The zero-order valence-corrected chi connectivity index (χ0v) is 8.49. The van der Waals surface area contributed by atoms with E-state index in [1.807, 2.05) is 12.1 Å². The Bertz CT molecular complexity index is 402. The number of para-hydroxylation sites is 1. The zero-order chi connectivity index (χ0) is 10.3. The molecule has 0 saturated carbocycles. The minimum absolute atomic E-state index is 0.119. The highest BCUT2D eigenvalue weighted by atomic mass is 16.2. The fraction of sp³-hybridized carbons (Fsp3) is 0.417. The molecule has 0 aliphatic carbocycles. The molecule has 0 spiro atoms. The van der Waals surface area contributed by atoms with Crippen LogP contribution in [0.15, 0.2) is 24.3 Å². The van der Waals surface area contributed by atoms with E-state index >= 15 is 0 Å². The maximum atomic E-state index is 11.8. The van der Waals surface area contributed by atoms with Crippen LogP contribution in [0.25, 0.3) is 0 Å². The number of hydrogen-bond donors (Lipinski definition) is 2. The summed E-state index contributed by atoms with van der Waals surface area (Å²) in [6.45, 7) is 1.83. The first-order valence-corrected chi connectivity index (χ1v) is 5.47. The van der Waals surface area contributed by atoms with Gasteiger partial charge in [-0.15, -0.1) is 0 Å². The van der Waals surface area contributed by atoms with Crippen molar-refractivity contribution in [2.45, 2.75) is 12.3 Å². The van der Waals surface area contributed by atoms with E-state index in [0.29, 0.717) is 5.92 Å². The lowest BCUT2D eigenvalue weighted by molar-refractivity contribution is -0.121. The summed E-state index contributed by atoms with van der Waals surface area (Å²) in [7, 11) is 0. The topological polar surface area (TPSA) is 41.1 Å². The summed E-state index contributed by atoms with van der Waals surface area (Å²) in [5.41, 5.74) is 2.31. The Labute approximate surface area is 88.9 Å². The second-order valence-corrected chi connectivity index (χ2v) is 4.28. The second kappa shape index (κ2) is 3.35. The van der Waals surface area contributed by atoms with Gasteiger partial charge in [0, 0.05) is 12.2 Å². The van der Waals surface area contributed by atoms with Gasteiger partial charge in [-0.2, -0.15) is 0 Å². The molecule has 1 amide bonds. The fourth-order valence-electron chi connectivity index (χ4n) is 2.67. The molecular weight excluding hydrogens is 188 g/mol. The molecule has 78 valence electrons. The summed E-state index contributed by atoms with van der Waals surface area (Å²) in [5.74, 6) is 0.704. The number of carbonyl (C=O) groups is 1. The molecule has 0 aromatic heterocycles. The van der Waals surface area contributed by atoms with Crippen molar-refractivity contribution in [2.75, 3.05) is 18.4 Å². The van der Waals surface area contributed by atoms with E-state index in [1.165, 1.54) is 5.56 Å². The lowest BCUT2D eigenvalue weighted by atomic mass is 9.77. The first-order valence-electron chi connectivity index (χ1n) is 5.47. The molecule has 2 aliphatic heterocycles. The number of anilines is 1. The highest BCUT2D eigenvalue weighted by molar-refractivity contribution is 5.96. The molecular formula is C12H14N2O. The van der Waals surface area contributed by atoms with Crippen molar-refractivity contribution < 1.29 is 4.79 Å². The third-order valence-electron chi connectivity index (χ3n) is 3.44. The van der Waals surface area contributed by atoms with Gasteiger partial charge >= 0.3 is 0 Å². The Morgan fingerprint density at radius 1 is 1.20 bits per heavy atom. The van der Waals surface area contributed by atoms with Gasteiger partial charge in [-0.25, -0.2) is 0 Å². The van der Waals surface area contributed by atoms with Gasteiger partial charge in [0.15, 0.2) is 0 Å². The van der Waals surface area contributed by atoms with E-state index < -0.39 is 0 Å². The third-order valence-corrected chi connectivity index (χ3v) is 3.44. The van der Waals surface area contributed by atoms with Crippen molar-refractivity contribution >= 4 is 11.6 Å². The molecule has 0 bridgehead atoms. The number of piperidine rings is 1. The average Bonchev–Trinajstić information content (AvgIpc) is 2.30. The highest BCUT2D eigenvalue weighted by Gasteiger charge is 2.36. The van der Waals surface area contributed by atoms with E-state index in [2.05, 4.69) is 22.8 Å². The normalized spacial score (nSPS) is 28.9. The van der Waals surface area contributed by atoms with Gasteiger partial charge in [-0.3, -0.25) is 4.79 Å². The van der Waals surface area contributed by atoms with Crippen molar-refractivity contribution in [3.8, 4) is 0 Å². The predicted molar refractivity (Wildman–Crippen MR) is 58.8 cm³/mol. The summed E-state index contributed by atoms with van der Waals surface area (Å²) in [6.07, 6.45) is 1.06. The first kappa shape index (κ1) is 8.92. The molecule has 1 aromatic rings. The molecule has 1 aromatic carbocycles. The summed E-state index contributed by atoms with van der Waals surface area (Å²) < 4.78 is 0. The lowest BCUT2D eigenvalue weighted by Gasteiger charge is -2.36. The van der Waals surface area contributed by atoms with Crippen molar-refractivity contribution in [3.63, 3.8) is 0 Å². The van der Waals surface area contributed by atoms with Gasteiger partial charge in [0.2, 0.25) is 5.91 Å². The minimum Gasteiger partial charge on any atom is -0.326 e. The molecule has 2 atom stereocenters. The molecule has 3 heteroatoms. The van der Waals surface area contributed by atoms with E-state index in [1.54, 1.807) is 0 Å². The quantitative estimate of drug-likeness (QED) is 0.666. The van der Waals surface area contributed by atoms with Gasteiger partial charge in [0.1, 0.15) is 0 Å². The average molecular weight is 202 g/mol. The molecule has 1 unspecified atom stereocenters. The molecule has 3 nitrogen and oxygen atoms in total. The maximum absolute atomic E-state index is 11.8. The number of rotatable bonds is 0. The highest BCUT2D eigenvalue weighted by Crippen LogP contribution is 2.38. The van der Waals surface area contributed by atoms with Gasteiger partial charge in [-0.05, 0) is 30.5 Å². The van der Waals surface area contributed by atoms with Gasteiger partial charge in [-0.1, -0.05) is 18.2 Å². The van der Waals surface area contributed by atoms with E-state index in [0.717, 1.165) is 25.2 Å². The van der Waals surface area contributed by atoms with Gasteiger partial charge in [0.25, 0.3) is 0 Å². The van der Waals surface area contributed by atoms with E-state index in [-0.39, 0.29) is 11.8 Å². The Hall–Kier alpha value is -1.35. The van der Waals surface area contributed by atoms with Crippen LogP contribution in [0, 0.1) is 5.92 Å². The molecule has 0 radical (unpaired) electrons. The van der Waals surface area contributed by atoms with Crippen LogP contribution in [0.5, 0.6) is 0 Å². The van der Waals surface area contributed by atoms with Crippen LogP contribution in [-0.4, -0.2) is 19.0 Å². The standard InChI is InChI=1S/C12H14N2O/c15-12-10-7-13-6-5-8(10)9-3-1-2-4-11(9)14-12/h1-4,8,10,13H,5-7H2,(H,14,15)/t8-,10?/m1/s1. The number of carbonyl (C=O) groups excluding carboxylic acids is 1. The SMILES string of the molecule is O=C1Nc2ccccc2[C@H]2CCNCC12. The van der Waals surface area contributed by atoms with Crippen molar-refractivity contribution in [1.29, 1.82) is 0 Å². The smallest absolute Gasteiger partial charge is 0.229 e. The van der Waals surface area contributed by atoms with Crippen LogP contribution in [0.2, 0.25) is 0 Å². The van der Waals surface area contributed by atoms with Crippen molar-refractivity contribution in [1.82, 2.24) is 5.32 Å². The molecule has 2 N–H and O–H groups in total. The number of nitrogens with one attached hydrogen (secondary N) is 2. The van der Waals surface area contributed by atoms with Crippen LogP contribution in [0.1, 0.15) is 17.9 Å². The fourth-order valence-corrected chi connectivity index (χ4v) is 2.67. The summed E-state index contributed by atoms with van der Waals surface area (Å²) >= 11 is 0. The largest absolute Gasteiger partial charge is 0.326 e. The Morgan fingerprint density at radius 3 is 3.00 bits per heavy atom. The first-order chi connectivity index (χ1) is 7.36. The van der Waals surface area contributed by atoms with Crippen molar-refractivity contribution in [3.05, 3.63) is 29.8 Å². The zero-order valence-electron chi connectivity index (χ0n) is 8.49. The monoisotopic (exact) mass is 202 g/mol. The van der Waals surface area contributed by atoms with Crippen LogP contribution < -0.4 is 10.6 Å².